The van der Waals surface area contributed by atoms with Crippen LogP contribution in [0.25, 0.3) is 0 Å². The Labute approximate surface area is 83.6 Å². The van der Waals surface area contributed by atoms with Gasteiger partial charge in [0, 0.05) is 0 Å². The van der Waals surface area contributed by atoms with Crippen molar-refractivity contribution in [2.75, 3.05) is 6.54 Å². The van der Waals surface area contributed by atoms with Gasteiger partial charge in [-0.15, -0.1) is 0 Å². The first-order valence-corrected chi connectivity index (χ1v) is 4.51. The van der Waals surface area contributed by atoms with Crippen molar-refractivity contribution in [3.05, 3.63) is 34.1 Å². The summed E-state index contributed by atoms with van der Waals surface area (Å²) in [6.07, 6.45) is 1.99. The van der Waals surface area contributed by atoms with Crippen LogP contribution >= 0.6 is 15.9 Å². The average Bonchev–Trinajstić information content (AvgIpc) is 2.12. The molecule has 0 saturated heterocycles. The van der Waals surface area contributed by atoms with E-state index in [9.17, 15) is 9.18 Å². The summed E-state index contributed by atoms with van der Waals surface area (Å²) in [7, 11) is 0. The van der Waals surface area contributed by atoms with Gasteiger partial charge < -0.3 is 0 Å². The molecule has 0 aromatic heterocycles. The molecule has 68 valence electrons. The number of nitrogens with zero attached hydrogens (tertiary/aromatic N) is 1. The lowest BCUT2D eigenvalue weighted by molar-refractivity contribution is 0.563. The average molecular weight is 244 g/mol. The van der Waals surface area contributed by atoms with Crippen molar-refractivity contribution in [3.8, 4) is 0 Å². The number of carbonyl (C=O) groups excluding carboxylic acids is 1. The third kappa shape index (κ3) is 3.09. The van der Waals surface area contributed by atoms with Crippen molar-refractivity contribution in [1.29, 1.82) is 0 Å². The van der Waals surface area contributed by atoms with Gasteiger partial charge in [-0.1, -0.05) is 6.07 Å². The SMILES string of the molecule is O=C=NCCc1ccc(Br)c(F)c1. The van der Waals surface area contributed by atoms with Gasteiger partial charge in [0.25, 0.3) is 0 Å². The van der Waals surface area contributed by atoms with Crippen LogP contribution in [0.2, 0.25) is 0 Å². The van der Waals surface area contributed by atoms with E-state index in [4.69, 9.17) is 0 Å². The summed E-state index contributed by atoms with van der Waals surface area (Å²) < 4.78 is 13.4. The van der Waals surface area contributed by atoms with Gasteiger partial charge in [0.1, 0.15) is 5.82 Å². The molecule has 0 heterocycles. The molecule has 0 aliphatic heterocycles. The number of benzene rings is 1. The molecule has 0 fully saturated rings. The highest BCUT2D eigenvalue weighted by atomic mass is 79.9. The number of aliphatic imine (C=N–C) groups is 1. The Hall–Kier alpha value is -0.990. The largest absolute Gasteiger partial charge is 0.234 e. The lowest BCUT2D eigenvalue weighted by Gasteiger charge is -1.98. The summed E-state index contributed by atoms with van der Waals surface area (Å²) in [6.45, 7) is 0.352. The van der Waals surface area contributed by atoms with E-state index in [2.05, 4.69) is 20.9 Å². The Morgan fingerprint density at radius 2 is 2.31 bits per heavy atom. The fourth-order valence-electron chi connectivity index (χ4n) is 0.926. The van der Waals surface area contributed by atoms with Crippen LogP contribution in [-0.4, -0.2) is 12.6 Å². The molecule has 1 rings (SSSR count). The predicted molar refractivity (Wildman–Crippen MR) is 50.8 cm³/mol. The highest BCUT2D eigenvalue weighted by Gasteiger charge is 1.99. The van der Waals surface area contributed by atoms with Crippen LogP contribution in [0, 0.1) is 5.82 Å². The van der Waals surface area contributed by atoms with Crippen LogP contribution in [0.3, 0.4) is 0 Å². The molecule has 0 radical (unpaired) electrons. The first kappa shape index (κ1) is 10.1. The van der Waals surface area contributed by atoms with Crippen molar-refractivity contribution in [2.45, 2.75) is 6.42 Å². The molecule has 13 heavy (non-hydrogen) atoms. The van der Waals surface area contributed by atoms with E-state index in [1.165, 1.54) is 12.1 Å². The van der Waals surface area contributed by atoms with Crippen LogP contribution < -0.4 is 0 Å². The zero-order chi connectivity index (χ0) is 9.68. The lowest BCUT2D eigenvalue weighted by Crippen LogP contribution is -1.90. The minimum absolute atomic E-state index is 0.299. The van der Waals surface area contributed by atoms with Crippen molar-refractivity contribution >= 4 is 22.0 Å². The van der Waals surface area contributed by atoms with Crippen molar-refractivity contribution in [3.63, 3.8) is 0 Å². The quantitative estimate of drug-likeness (QED) is 0.593. The number of hydrogen-bond acceptors (Lipinski definition) is 2. The summed E-state index contributed by atoms with van der Waals surface area (Å²) in [5.74, 6) is -0.299. The zero-order valence-electron chi connectivity index (χ0n) is 6.76. The summed E-state index contributed by atoms with van der Waals surface area (Å²) in [5, 5.41) is 0. The second-order valence-electron chi connectivity index (χ2n) is 2.47. The van der Waals surface area contributed by atoms with E-state index in [0.29, 0.717) is 17.4 Å². The highest BCUT2D eigenvalue weighted by molar-refractivity contribution is 9.10. The summed E-state index contributed by atoms with van der Waals surface area (Å²) in [4.78, 5) is 13.1. The summed E-state index contributed by atoms with van der Waals surface area (Å²) in [6, 6.07) is 4.84. The standard InChI is InChI=1S/C9H7BrFNO/c10-8-2-1-7(5-9(8)11)3-4-12-6-13/h1-2,5H,3-4H2. The first-order chi connectivity index (χ1) is 6.24. The maximum atomic E-state index is 12.9. The monoisotopic (exact) mass is 243 g/mol. The Morgan fingerprint density at radius 3 is 2.92 bits per heavy atom. The molecule has 4 heteroatoms. The van der Waals surface area contributed by atoms with Gasteiger partial charge in [0.15, 0.2) is 0 Å². The Balaban J connectivity index is 2.68. The molecule has 0 bridgehead atoms. The Kier molecular flexibility index (Phi) is 3.80. The maximum Gasteiger partial charge on any atom is 0.234 e. The third-order valence-corrected chi connectivity index (χ3v) is 2.20. The van der Waals surface area contributed by atoms with E-state index in [0.717, 1.165) is 5.56 Å². The van der Waals surface area contributed by atoms with Gasteiger partial charge in [0.2, 0.25) is 6.08 Å². The van der Waals surface area contributed by atoms with Gasteiger partial charge >= 0.3 is 0 Å². The van der Waals surface area contributed by atoms with Crippen molar-refractivity contribution < 1.29 is 9.18 Å². The molecule has 0 aliphatic carbocycles. The minimum Gasteiger partial charge on any atom is -0.211 e. The number of halogens is 2. The fourth-order valence-corrected chi connectivity index (χ4v) is 1.17. The second-order valence-corrected chi connectivity index (χ2v) is 3.33. The Morgan fingerprint density at radius 1 is 1.54 bits per heavy atom. The van der Waals surface area contributed by atoms with Crippen molar-refractivity contribution in [2.24, 2.45) is 4.99 Å². The van der Waals surface area contributed by atoms with Crippen molar-refractivity contribution in [1.82, 2.24) is 0 Å². The van der Waals surface area contributed by atoms with E-state index in [1.54, 1.807) is 12.1 Å². The molecule has 0 N–H and O–H groups in total. The molecule has 0 aliphatic rings. The molecular formula is C9H7BrFNO. The number of rotatable bonds is 3. The van der Waals surface area contributed by atoms with Gasteiger partial charge in [-0.05, 0) is 40.0 Å². The maximum absolute atomic E-state index is 12.9. The van der Waals surface area contributed by atoms with Crippen LogP contribution in [-0.2, 0) is 11.2 Å². The molecule has 1 aromatic rings. The van der Waals surface area contributed by atoms with Crippen LogP contribution in [0.15, 0.2) is 27.7 Å². The summed E-state index contributed by atoms with van der Waals surface area (Å²) in [5.41, 5.74) is 0.819. The molecule has 0 atom stereocenters. The Bertz CT molecular complexity index is 347. The molecule has 0 spiro atoms. The smallest absolute Gasteiger partial charge is 0.211 e. The van der Waals surface area contributed by atoms with Gasteiger partial charge in [-0.2, -0.15) is 0 Å². The molecule has 0 saturated carbocycles. The van der Waals surface area contributed by atoms with Gasteiger partial charge in [0.05, 0.1) is 11.0 Å². The minimum atomic E-state index is -0.299. The number of hydrogen-bond donors (Lipinski definition) is 0. The molecule has 0 amide bonds. The number of isocyanates is 1. The van der Waals surface area contributed by atoms with E-state index in [-0.39, 0.29) is 5.82 Å². The molecular weight excluding hydrogens is 237 g/mol. The van der Waals surface area contributed by atoms with Crippen LogP contribution in [0.4, 0.5) is 4.39 Å². The lowest BCUT2D eigenvalue weighted by atomic mass is 10.1. The first-order valence-electron chi connectivity index (χ1n) is 3.71. The highest BCUT2D eigenvalue weighted by Crippen LogP contribution is 2.16. The van der Waals surface area contributed by atoms with Crippen LogP contribution in [0.1, 0.15) is 5.56 Å². The van der Waals surface area contributed by atoms with E-state index >= 15 is 0 Å². The zero-order valence-corrected chi connectivity index (χ0v) is 8.34. The molecule has 1 aromatic carbocycles. The second kappa shape index (κ2) is 4.90. The van der Waals surface area contributed by atoms with Gasteiger partial charge in [-0.25, -0.2) is 14.2 Å². The van der Waals surface area contributed by atoms with Crippen LogP contribution in [0.5, 0.6) is 0 Å². The molecule has 2 nitrogen and oxygen atoms in total. The summed E-state index contributed by atoms with van der Waals surface area (Å²) >= 11 is 3.05. The van der Waals surface area contributed by atoms with Gasteiger partial charge in [-0.3, -0.25) is 0 Å². The molecule has 0 unspecified atom stereocenters. The topological polar surface area (TPSA) is 29.4 Å². The van der Waals surface area contributed by atoms with E-state index in [1.807, 2.05) is 0 Å². The normalized spacial score (nSPS) is 9.38. The predicted octanol–water partition coefficient (Wildman–Crippen LogP) is 2.47. The third-order valence-electron chi connectivity index (χ3n) is 1.56. The van der Waals surface area contributed by atoms with E-state index < -0.39 is 0 Å². The fraction of sp³-hybridized carbons (Fsp3) is 0.222.